The summed E-state index contributed by atoms with van der Waals surface area (Å²) in [5.41, 5.74) is 7.94. The van der Waals surface area contributed by atoms with Gasteiger partial charge in [0.1, 0.15) is 5.75 Å². The molecular weight excluding hydrogens is 272 g/mol. The third-order valence-electron chi connectivity index (χ3n) is 3.03. The molecule has 1 atom stereocenters. The summed E-state index contributed by atoms with van der Waals surface area (Å²) < 4.78 is 7.04. The van der Waals surface area contributed by atoms with E-state index in [0.29, 0.717) is 0 Å². The summed E-state index contributed by atoms with van der Waals surface area (Å²) >= 11 is 1.59. The Hall–Kier alpha value is -1.92. The van der Waals surface area contributed by atoms with Gasteiger partial charge in [-0.2, -0.15) is 4.98 Å². The van der Waals surface area contributed by atoms with Gasteiger partial charge in [0.25, 0.3) is 0 Å². The van der Waals surface area contributed by atoms with Gasteiger partial charge in [0.2, 0.25) is 4.96 Å². The van der Waals surface area contributed by atoms with Crippen LogP contribution in [0.4, 0.5) is 0 Å². The third-order valence-corrected chi connectivity index (χ3v) is 3.89. The van der Waals surface area contributed by atoms with Gasteiger partial charge >= 0.3 is 0 Å². The molecule has 5 nitrogen and oxygen atoms in total. The molecule has 3 aromatic rings. The zero-order chi connectivity index (χ0) is 14.1. The minimum atomic E-state index is 0.112. The minimum Gasteiger partial charge on any atom is -0.497 e. The zero-order valence-corrected chi connectivity index (χ0v) is 12.2. The summed E-state index contributed by atoms with van der Waals surface area (Å²) in [4.78, 5) is 5.45. The van der Waals surface area contributed by atoms with Crippen molar-refractivity contribution >= 4 is 16.3 Å². The molecule has 0 radical (unpaired) electrons. The summed E-state index contributed by atoms with van der Waals surface area (Å²) in [6, 6.07) is 7.86. The molecule has 20 heavy (non-hydrogen) atoms. The number of hydrogen-bond donors (Lipinski definition) is 1. The van der Waals surface area contributed by atoms with E-state index in [9.17, 15) is 0 Å². The zero-order valence-electron chi connectivity index (χ0n) is 11.4. The van der Waals surface area contributed by atoms with Gasteiger partial charge in [-0.15, -0.1) is 16.4 Å². The van der Waals surface area contributed by atoms with Crippen LogP contribution in [0.25, 0.3) is 16.3 Å². The highest BCUT2D eigenvalue weighted by Crippen LogP contribution is 2.23. The van der Waals surface area contributed by atoms with Crippen molar-refractivity contribution in [2.45, 2.75) is 19.4 Å². The normalized spacial score (nSPS) is 12.8. The second kappa shape index (κ2) is 5.22. The van der Waals surface area contributed by atoms with Crippen LogP contribution in [0, 0.1) is 0 Å². The maximum atomic E-state index is 5.85. The van der Waals surface area contributed by atoms with Crippen LogP contribution in [0.1, 0.15) is 12.6 Å². The Morgan fingerprint density at radius 2 is 2.10 bits per heavy atom. The third kappa shape index (κ3) is 2.39. The number of aromatic nitrogens is 3. The van der Waals surface area contributed by atoms with E-state index in [1.807, 2.05) is 35.7 Å². The van der Waals surface area contributed by atoms with Crippen LogP contribution in [0.3, 0.4) is 0 Å². The van der Waals surface area contributed by atoms with Crippen LogP contribution in [-0.2, 0) is 6.42 Å². The fourth-order valence-electron chi connectivity index (χ4n) is 2.06. The molecule has 3 rings (SSSR count). The molecule has 0 saturated heterocycles. The van der Waals surface area contributed by atoms with Gasteiger partial charge in [-0.3, -0.25) is 0 Å². The van der Waals surface area contributed by atoms with Crippen molar-refractivity contribution in [3.05, 3.63) is 35.3 Å². The Kier molecular flexibility index (Phi) is 3.42. The number of methoxy groups -OCH3 is 1. The first kappa shape index (κ1) is 13.1. The van der Waals surface area contributed by atoms with E-state index in [1.165, 1.54) is 0 Å². The average molecular weight is 288 g/mol. The van der Waals surface area contributed by atoms with E-state index in [-0.39, 0.29) is 6.04 Å². The fraction of sp³-hybridized carbons (Fsp3) is 0.286. The molecule has 0 spiro atoms. The molecule has 0 amide bonds. The summed E-state index contributed by atoms with van der Waals surface area (Å²) in [6.07, 6.45) is 0.797. The van der Waals surface area contributed by atoms with E-state index < -0.39 is 0 Å². The van der Waals surface area contributed by atoms with E-state index in [1.54, 1.807) is 18.4 Å². The molecule has 0 bridgehead atoms. The molecule has 0 fully saturated rings. The van der Waals surface area contributed by atoms with Crippen molar-refractivity contribution < 1.29 is 4.74 Å². The van der Waals surface area contributed by atoms with Crippen molar-refractivity contribution in [1.82, 2.24) is 14.6 Å². The molecular formula is C14H16N4OS. The van der Waals surface area contributed by atoms with Gasteiger partial charge in [0, 0.05) is 23.4 Å². The summed E-state index contributed by atoms with van der Waals surface area (Å²) in [5.74, 6) is 1.55. The van der Waals surface area contributed by atoms with Crippen molar-refractivity contribution in [2.75, 3.05) is 7.11 Å². The highest BCUT2D eigenvalue weighted by atomic mass is 32.1. The predicted octanol–water partition coefficient (Wildman–Crippen LogP) is 2.36. The Morgan fingerprint density at radius 3 is 2.75 bits per heavy atom. The van der Waals surface area contributed by atoms with Gasteiger partial charge in [-0.25, -0.2) is 4.52 Å². The smallest absolute Gasteiger partial charge is 0.212 e. The van der Waals surface area contributed by atoms with E-state index in [2.05, 4.69) is 15.5 Å². The van der Waals surface area contributed by atoms with Gasteiger partial charge in [-0.05, 0) is 31.2 Å². The molecule has 0 saturated carbocycles. The summed E-state index contributed by atoms with van der Waals surface area (Å²) in [5, 5.41) is 6.64. The Morgan fingerprint density at radius 1 is 1.35 bits per heavy atom. The van der Waals surface area contributed by atoms with Gasteiger partial charge in [-0.1, -0.05) is 0 Å². The van der Waals surface area contributed by atoms with Crippen LogP contribution < -0.4 is 10.5 Å². The topological polar surface area (TPSA) is 65.4 Å². The molecule has 104 valence electrons. The van der Waals surface area contributed by atoms with Crippen LogP contribution in [-0.4, -0.2) is 27.7 Å². The first-order valence-corrected chi connectivity index (χ1v) is 7.28. The Bertz CT molecular complexity index is 714. The molecule has 2 aromatic heterocycles. The number of nitrogens with zero attached hydrogens (tertiary/aromatic N) is 3. The lowest BCUT2D eigenvalue weighted by atomic mass is 10.2. The molecule has 2 heterocycles. The number of hydrogen-bond acceptors (Lipinski definition) is 5. The van der Waals surface area contributed by atoms with Crippen molar-refractivity contribution in [1.29, 1.82) is 0 Å². The van der Waals surface area contributed by atoms with Crippen LogP contribution in [0.2, 0.25) is 0 Å². The molecule has 0 aliphatic heterocycles. The summed E-state index contributed by atoms with van der Waals surface area (Å²) in [6.45, 7) is 1.99. The standard InChI is InChI=1S/C14H16N4OS/c1-9(15)7-11-8-20-14-16-13(17-18(11)14)10-3-5-12(19-2)6-4-10/h3-6,8-9H,7,15H2,1-2H3. The maximum absolute atomic E-state index is 5.85. The van der Waals surface area contributed by atoms with Crippen molar-refractivity contribution in [2.24, 2.45) is 5.73 Å². The maximum Gasteiger partial charge on any atom is 0.212 e. The largest absolute Gasteiger partial charge is 0.497 e. The lowest BCUT2D eigenvalue weighted by Crippen LogP contribution is -2.18. The van der Waals surface area contributed by atoms with E-state index in [4.69, 9.17) is 10.5 Å². The van der Waals surface area contributed by atoms with Gasteiger partial charge in [0.05, 0.1) is 12.8 Å². The molecule has 1 aromatic carbocycles. The predicted molar refractivity (Wildman–Crippen MR) is 80.2 cm³/mol. The number of benzene rings is 1. The Balaban J connectivity index is 1.97. The highest BCUT2D eigenvalue weighted by molar-refractivity contribution is 7.15. The summed E-state index contributed by atoms with van der Waals surface area (Å²) in [7, 11) is 1.65. The lowest BCUT2D eigenvalue weighted by molar-refractivity contribution is 0.415. The SMILES string of the molecule is COc1ccc(-c2nc3scc(CC(C)N)n3n2)cc1. The minimum absolute atomic E-state index is 0.112. The lowest BCUT2D eigenvalue weighted by Gasteiger charge is -2.02. The number of thiazole rings is 1. The number of rotatable bonds is 4. The molecule has 6 heteroatoms. The van der Waals surface area contributed by atoms with Crippen LogP contribution >= 0.6 is 11.3 Å². The fourth-order valence-corrected chi connectivity index (χ4v) is 2.89. The van der Waals surface area contributed by atoms with Crippen molar-refractivity contribution in [3.8, 4) is 17.1 Å². The monoisotopic (exact) mass is 288 g/mol. The average Bonchev–Trinajstić information content (AvgIpc) is 3.01. The van der Waals surface area contributed by atoms with Crippen molar-refractivity contribution in [3.63, 3.8) is 0 Å². The van der Waals surface area contributed by atoms with E-state index in [0.717, 1.165) is 34.2 Å². The molecule has 2 N–H and O–H groups in total. The Labute approximate surface area is 121 Å². The van der Waals surface area contributed by atoms with E-state index >= 15 is 0 Å². The van der Waals surface area contributed by atoms with Gasteiger partial charge in [0.15, 0.2) is 5.82 Å². The second-order valence-corrected chi connectivity index (χ2v) is 5.60. The molecule has 0 aliphatic rings. The first-order valence-electron chi connectivity index (χ1n) is 6.40. The number of fused-ring (bicyclic) bond motifs is 1. The molecule has 0 aliphatic carbocycles. The van der Waals surface area contributed by atoms with Crippen LogP contribution in [0.15, 0.2) is 29.6 Å². The second-order valence-electron chi connectivity index (χ2n) is 4.77. The first-order chi connectivity index (χ1) is 9.67. The quantitative estimate of drug-likeness (QED) is 0.800. The van der Waals surface area contributed by atoms with Crippen LogP contribution in [0.5, 0.6) is 5.75 Å². The number of nitrogens with two attached hydrogens (primary N) is 1. The molecule has 1 unspecified atom stereocenters. The number of ether oxygens (including phenoxy) is 1. The van der Waals surface area contributed by atoms with Gasteiger partial charge < -0.3 is 10.5 Å². The highest BCUT2D eigenvalue weighted by Gasteiger charge is 2.12.